The second-order valence-electron chi connectivity index (χ2n) is 6.88. The van der Waals surface area contributed by atoms with Crippen LogP contribution >= 0.6 is 0 Å². The van der Waals surface area contributed by atoms with Crippen LogP contribution in [0, 0.1) is 5.92 Å². The summed E-state index contributed by atoms with van der Waals surface area (Å²) in [6.45, 7) is 1.98. The molecule has 1 aromatic heterocycles. The molecule has 1 aliphatic carbocycles. The normalized spacial score (nSPS) is 24.0. The molecule has 2 aliphatic rings. The molecule has 4 nitrogen and oxygen atoms in total. The molecule has 1 saturated carbocycles. The van der Waals surface area contributed by atoms with Gasteiger partial charge >= 0.3 is 0 Å². The van der Waals surface area contributed by atoms with Crippen molar-refractivity contribution in [1.29, 1.82) is 0 Å². The van der Waals surface area contributed by atoms with E-state index in [1.54, 1.807) is 0 Å². The van der Waals surface area contributed by atoms with E-state index in [1.807, 2.05) is 18.5 Å². The van der Waals surface area contributed by atoms with E-state index in [9.17, 15) is 5.11 Å². The Kier molecular flexibility index (Phi) is 5.45. The van der Waals surface area contributed by atoms with Crippen LogP contribution in [0.2, 0.25) is 0 Å². The van der Waals surface area contributed by atoms with E-state index in [0.717, 1.165) is 12.8 Å². The van der Waals surface area contributed by atoms with E-state index >= 15 is 0 Å². The molecule has 2 heterocycles. The van der Waals surface area contributed by atoms with Gasteiger partial charge in [-0.1, -0.05) is 25.3 Å². The molecule has 3 rings (SSSR count). The first-order valence-corrected chi connectivity index (χ1v) is 8.70. The van der Waals surface area contributed by atoms with Crippen molar-refractivity contribution < 1.29 is 9.84 Å². The van der Waals surface area contributed by atoms with Crippen LogP contribution in [0.1, 0.15) is 56.6 Å². The van der Waals surface area contributed by atoms with Gasteiger partial charge in [0.05, 0.1) is 5.60 Å². The monoisotopic (exact) mass is 304 g/mol. The van der Waals surface area contributed by atoms with Crippen molar-refractivity contribution in [3.63, 3.8) is 0 Å². The lowest BCUT2D eigenvalue weighted by Gasteiger charge is -2.37. The number of rotatable bonds is 5. The highest BCUT2D eigenvalue weighted by Crippen LogP contribution is 2.34. The molecule has 0 spiro atoms. The zero-order valence-electron chi connectivity index (χ0n) is 13.3. The second-order valence-corrected chi connectivity index (χ2v) is 6.88. The van der Waals surface area contributed by atoms with Gasteiger partial charge < -0.3 is 15.2 Å². The lowest BCUT2D eigenvalue weighted by atomic mass is 9.81. The molecule has 1 saturated heterocycles. The minimum Gasteiger partial charge on any atom is -0.388 e. The summed E-state index contributed by atoms with van der Waals surface area (Å²) in [6, 6.07) is 4.48. The maximum atomic E-state index is 10.7. The third kappa shape index (κ3) is 4.06. The van der Waals surface area contributed by atoms with E-state index in [1.165, 1.54) is 37.7 Å². The van der Waals surface area contributed by atoms with E-state index in [4.69, 9.17) is 4.74 Å². The van der Waals surface area contributed by atoms with Gasteiger partial charge in [0, 0.05) is 51.0 Å². The molecule has 1 atom stereocenters. The average molecular weight is 304 g/mol. The minimum atomic E-state index is -0.618. The molecule has 1 aromatic rings. The third-order valence-corrected chi connectivity index (χ3v) is 5.24. The number of hydrogen-bond donors (Lipinski definition) is 2. The van der Waals surface area contributed by atoms with Gasteiger partial charge in [-0.15, -0.1) is 0 Å². The van der Waals surface area contributed by atoms with E-state index < -0.39 is 5.60 Å². The summed E-state index contributed by atoms with van der Waals surface area (Å²) in [6.07, 6.45) is 11.8. The molecule has 0 bridgehead atoms. The predicted molar refractivity (Wildman–Crippen MR) is 86.6 cm³/mol. The zero-order valence-corrected chi connectivity index (χ0v) is 13.3. The van der Waals surface area contributed by atoms with Crippen LogP contribution in [0.25, 0.3) is 0 Å². The van der Waals surface area contributed by atoms with Gasteiger partial charge in [-0.3, -0.25) is 4.98 Å². The quantitative estimate of drug-likeness (QED) is 0.878. The van der Waals surface area contributed by atoms with Crippen molar-refractivity contribution in [2.24, 2.45) is 5.92 Å². The van der Waals surface area contributed by atoms with Crippen LogP contribution in [0.4, 0.5) is 0 Å². The number of pyridine rings is 1. The SMILES string of the molecule is OC1(CNC(c2cccnc2)C2CCCCC2)CCOCC1. The first kappa shape index (κ1) is 15.9. The highest BCUT2D eigenvalue weighted by Gasteiger charge is 2.32. The Hall–Kier alpha value is -0.970. The summed E-state index contributed by atoms with van der Waals surface area (Å²) in [5.41, 5.74) is 0.637. The summed E-state index contributed by atoms with van der Waals surface area (Å²) in [5, 5.41) is 14.4. The lowest BCUT2D eigenvalue weighted by molar-refractivity contribution is -0.0638. The number of nitrogens with zero attached hydrogens (tertiary/aromatic N) is 1. The molecule has 1 unspecified atom stereocenters. The van der Waals surface area contributed by atoms with Crippen LogP contribution in [-0.2, 0) is 4.74 Å². The van der Waals surface area contributed by atoms with Crippen molar-refractivity contribution >= 4 is 0 Å². The molecule has 4 heteroatoms. The highest BCUT2D eigenvalue weighted by atomic mass is 16.5. The molecule has 0 amide bonds. The summed E-state index contributed by atoms with van der Waals surface area (Å²) in [4.78, 5) is 4.29. The van der Waals surface area contributed by atoms with Crippen LogP contribution < -0.4 is 5.32 Å². The molecular weight excluding hydrogens is 276 g/mol. The fourth-order valence-electron chi connectivity index (χ4n) is 3.81. The average Bonchev–Trinajstić information content (AvgIpc) is 2.58. The van der Waals surface area contributed by atoms with Crippen LogP contribution in [0.5, 0.6) is 0 Å². The minimum absolute atomic E-state index is 0.306. The van der Waals surface area contributed by atoms with Crippen molar-refractivity contribution in [2.75, 3.05) is 19.8 Å². The van der Waals surface area contributed by atoms with E-state index in [2.05, 4.69) is 16.4 Å². The summed E-state index contributed by atoms with van der Waals surface area (Å²) in [7, 11) is 0. The van der Waals surface area contributed by atoms with Crippen molar-refractivity contribution in [3.8, 4) is 0 Å². The van der Waals surface area contributed by atoms with Gasteiger partial charge in [0.25, 0.3) is 0 Å². The Morgan fingerprint density at radius 2 is 2.05 bits per heavy atom. The Morgan fingerprint density at radius 3 is 2.73 bits per heavy atom. The smallest absolute Gasteiger partial charge is 0.0815 e. The molecule has 2 fully saturated rings. The molecule has 0 aromatic carbocycles. The maximum absolute atomic E-state index is 10.7. The third-order valence-electron chi connectivity index (χ3n) is 5.24. The van der Waals surface area contributed by atoms with E-state index in [-0.39, 0.29) is 0 Å². The Labute approximate surface area is 133 Å². The largest absolute Gasteiger partial charge is 0.388 e. The Balaban J connectivity index is 1.68. The number of nitrogens with one attached hydrogen (secondary N) is 1. The van der Waals surface area contributed by atoms with Gasteiger partial charge in [-0.05, 0) is 30.4 Å². The fourth-order valence-corrected chi connectivity index (χ4v) is 3.81. The second kappa shape index (κ2) is 7.53. The molecule has 122 valence electrons. The topological polar surface area (TPSA) is 54.4 Å². The Morgan fingerprint density at radius 1 is 1.27 bits per heavy atom. The first-order valence-electron chi connectivity index (χ1n) is 8.70. The summed E-state index contributed by atoms with van der Waals surface area (Å²) < 4.78 is 5.37. The van der Waals surface area contributed by atoms with Gasteiger partial charge in [0.2, 0.25) is 0 Å². The van der Waals surface area contributed by atoms with Gasteiger partial charge in [0.15, 0.2) is 0 Å². The maximum Gasteiger partial charge on any atom is 0.0815 e. The zero-order chi connectivity index (χ0) is 15.3. The number of aromatic nitrogens is 1. The van der Waals surface area contributed by atoms with E-state index in [0.29, 0.717) is 31.7 Å². The highest BCUT2D eigenvalue weighted by molar-refractivity contribution is 5.15. The molecule has 2 N–H and O–H groups in total. The first-order chi connectivity index (χ1) is 10.8. The molecular formula is C18H28N2O2. The number of hydrogen-bond acceptors (Lipinski definition) is 4. The lowest BCUT2D eigenvalue weighted by Crippen LogP contribution is -2.47. The standard InChI is InChI=1S/C18H28N2O2/c21-18(8-11-22-12-9-18)14-20-17(15-5-2-1-3-6-15)16-7-4-10-19-13-16/h4,7,10,13,15,17,20-21H,1-3,5-6,8-9,11-12,14H2. The van der Waals surface area contributed by atoms with Gasteiger partial charge in [-0.2, -0.15) is 0 Å². The fraction of sp³-hybridized carbons (Fsp3) is 0.722. The molecule has 1 aliphatic heterocycles. The van der Waals surface area contributed by atoms with Crippen LogP contribution in [0.15, 0.2) is 24.5 Å². The van der Waals surface area contributed by atoms with Crippen molar-refractivity contribution in [3.05, 3.63) is 30.1 Å². The number of ether oxygens (including phenoxy) is 1. The molecule has 0 radical (unpaired) electrons. The van der Waals surface area contributed by atoms with Gasteiger partial charge in [-0.25, -0.2) is 0 Å². The van der Waals surface area contributed by atoms with Crippen LogP contribution in [0.3, 0.4) is 0 Å². The summed E-state index contributed by atoms with van der Waals surface area (Å²) >= 11 is 0. The van der Waals surface area contributed by atoms with Gasteiger partial charge in [0.1, 0.15) is 0 Å². The summed E-state index contributed by atoms with van der Waals surface area (Å²) in [5.74, 6) is 0.654. The van der Waals surface area contributed by atoms with Crippen molar-refractivity contribution in [1.82, 2.24) is 10.3 Å². The van der Waals surface area contributed by atoms with Crippen LogP contribution in [-0.4, -0.2) is 35.5 Å². The van der Waals surface area contributed by atoms with Crippen molar-refractivity contribution in [2.45, 2.75) is 56.6 Å². The Bertz CT molecular complexity index is 440. The molecule has 22 heavy (non-hydrogen) atoms. The predicted octanol–water partition coefficient (Wildman–Crippen LogP) is 2.83. The number of aliphatic hydroxyl groups is 1.